The van der Waals surface area contributed by atoms with Crippen molar-refractivity contribution in [2.24, 2.45) is 0 Å². The third-order valence-electron chi connectivity index (χ3n) is 8.09. The molecular weight excluding hydrogens is 772 g/mol. The summed E-state index contributed by atoms with van der Waals surface area (Å²) in [6.45, 7) is 4.10. The second kappa shape index (κ2) is 14.7. The molecule has 48 heavy (non-hydrogen) atoms. The Hall–Kier alpha value is -5.22. The van der Waals surface area contributed by atoms with Crippen molar-refractivity contribution in [1.82, 2.24) is 9.97 Å². The molecular formula is C43H31FIrN2O-2. The zero-order valence-corrected chi connectivity index (χ0v) is 28.9. The van der Waals surface area contributed by atoms with Gasteiger partial charge in [-0.15, -0.1) is 53.6 Å². The molecule has 3 aromatic heterocycles. The Morgan fingerprint density at radius 3 is 2.23 bits per heavy atom. The van der Waals surface area contributed by atoms with Crippen LogP contribution in [0.15, 0.2) is 144 Å². The normalized spacial score (nSPS) is 10.7. The van der Waals surface area contributed by atoms with Crippen LogP contribution in [0.2, 0.25) is 0 Å². The van der Waals surface area contributed by atoms with Crippen LogP contribution in [0.25, 0.3) is 55.6 Å². The molecule has 0 aliphatic rings. The number of furan rings is 1. The topological polar surface area (TPSA) is 38.9 Å². The fourth-order valence-electron chi connectivity index (χ4n) is 5.65. The van der Waals surface area contributed by atoms with Crippen molar-refractivity contribution in [3.63, 3.8) is 0 Å². The Kier molecular flexibility index (Phi) is 10.0. The first-order valence-electron chi connectivity index (χ1n) is 15.5. The van der Waals surface area contributed by atoms with E-state index >= 15 is 0 Å². The zero-order chi connectivity index (χ0) is 32.2. The first-order valence-corrected chi connectivity index (χ1v) is 15.5. The number of pyridine rings is 2. The molecule has 0 saturated heterocycles. The second-order valence-corrected chi connectivity index (χ2v) is 11.6. The first-order chi connectivity index (χ1) is 23.0. The Morgan fingerprint density at radius 2 is 1.44 bits per heavy atom. The van der Waals surface area contributed by atoms with Crippen molar-refractivity contribution < 1.29 is 28.9 Å². The van der Waals surface area contributed by atoms with Gasteiger partial charge in [0.05, 0.1) is 5.58 Å². The van der Waals surface area contributed by atoms with Gasteiger partial charge in [0.15, 0.2) is 0 Å². The number of aromatic nitrogens is 2. The number of hydrogen-bond donors (Lipinski definition) is 0. The number of benzene rings is 5. The van der Waals surface area contributed by atoms with Crippen molar-refractivity contribution in [3.05, 3.63) is 180 Å². The van der Waals surface area contributed by atoms with Crippen LogP contribution < -0.4 is 0 Å². The molecule has 5 heteroatoms. The van der Waals surface area contributed by atoms with Gasteiger partial charge in [0.25, 0.3) is 0 Å². The molecule has 1 radical (unpaired) electrons. The Morgan fingerprint density at radius 1 is 0.646 bits per heavy atom. The number of hydrogen-bond acceptors (Lipinski definition) is 3. The van der Waals surface area contributed by atoms with Crippen molar-refractivity contribution >= 4 is 21.9 Å². The monoisotopic (exact) mass is 803 g/mol. The molecule has 237 valence electrons. The summed E-state index contributed by atoms with van der Waals surface area (Å²) in [6.07, 6.45) is 4.58. The zero-order valence-electron chi connectivity index (χ0n) is 26.5. The number of halogens is 1. The smallest absolute Gasteiger partial charge is 0.123 e. The van der Waals surface area contributed by atoms with E-state index in [2.05, 4.69) is 83.6 Å². The van der Waals surface area contributed by atoms with Gasteiger partial charge < -0.3 is 14.4 Å². The van der Waals surface area contributed by atoms with Crippen molar-refractivity contribution in [1.29, 1.82) is 0 Å². The molecule has 0 amide bonds. The molecule has 0 N–H and O–H groups in total. The maximum atomic E-state index is 13.2. The second-order valence-electron chi connectivity index (χ2n) is 11.6. The van der Waals surface area contributed by atoms with E-state index in [1.54, 1.807) is 12.1 Å². The third-order valence-corrected chi connectivity index (χ3v) is 8.09. The van der Waals surface area contributed by atoms with Crippen LogP contribution in [0, 0.1) is 31.8 Å². The summed E-state index contributed by atoms with van der Waals surface area (Å²) in [5.74, 6) is -0.230. The molecule has 0 bridgehead atoms. The molecule has 0 spiro atoms. The van der Waals surface area contributed by atoms with Crippen LogP contribution >= 0.6 is 0 Å². The summed E-state index contributed by atoms with van der Waals surface area (Å²) < 4.78 is 19.2. The standard InChI is InChI=1S/C24H17FN.C19H14NO.Ir/c25-23-11-9-20(10-12-23)21-7-4-8-22(17-21)24-16-19(13-14-26-24)15-18-5-2-1-3-6-18;1-12-6-8-14-15-4-3-5-16(19(15)21-18(14)10-12)17-9-7-13(2)11-20-17;/h1-7,9-14,16-17H,15H2;3-4,6-11H,1-2H3;/q2*-1;. The Balaban J connectivity index is 0.000000167. The largest absolute Gasteiger partial charge is 0.501 e. The van der Waals surface area contributed by atoms with Gasteiger partial charge in [-0.05, 0) is 83.7 Å². The molecule has 0 aliphatic carbocycles. The van der Waals surface area contributed by atoms with Gasteiger partial charge in [-0.25, -0.2) is 4.39 Å². The number of rotatable bonds is 5. The van der Waals surface area contributed by atoms with Gasteiger partial charge in [-0.2, -0.15) is 0 Å². The molecule has 0 aliphatic heterocycles. The van der Waals surface area contributed by atoms with Gasteiger partial charge in [0.2, 0.25) is 0 Å². The minimum atomic E-state index is -0.230. The van der Waals surface area contributed by atoms with Crippen LogP contribution in [0.5, 0.6) is 0 Å². The van der Waals surface area contributed by atoms with Crippen LogP contribution in [0.4, 0.5) is 4.39 Å². The van der Waals surface area contributed by atoms with E-state index in [-0.39, 0.29) is 25.9 Å². The average molecular weight is 803 g/mol. The summed E-state index contributed by atoms with van der Waals surface area (Å²) in [6, 6.07) is 47.8. The fourth-order valence-corrected chi connectivity index (χ4v) is 5.65. The number of fused-ring (bicyclic) bond motifs is 3. The van der Waals surface area contributed by atoms with Gasteiger partial charge in [-0.3, -0.25) is 0 Å². The van der Waals surface area contributed by atoms with E-state index < -0.39 is 0 Å². The summed E-state index contributed by atoms with van der Waals surface area (Å²) in [5, 5.41) is 2.25. The number of aryl methyl sites for hydroxylation is 2. The summed E-state index contributed by atoms with van der Waals surface area (Å²) in [5.41, 5.74) is 12.2. The van der Waals surface area contributed by atoms with Gasteiger partial charge in [0, 0.05) is 37.9 Å². The van der Waals surface area contributed by atoms with E-state index in [4.69, 9.17) is 4.42 Å². The van der Waals surface area contributed by atoms with Crippen molar-refractivity contribution in [3.8, 4) is 33.6 Å². The van der Waals surface area contributed by atoms with E-state index in [1.165, 1.54) is 28.8 Å². The number of nitrogens with zero attached hydrogens (tertiary/aromatic N) is 2. The minimum absolute atomic E-state index is 0. The predicted octanol–water partition coefficient (Wildman–Crippen LogP) is 11.0. The van der Waals surface area contributed by atoms with Crippen molar-refractivity contribution in [2.45, 2.75) is 20.3 Å². The maximum absolute atomic E-state index is 13.2. The summed E-state index contributed by atoms with van der Waals surface area (Å²) in [4.78, 5) is 9.00. The Bertz CT molecular complexity index is 2300. The van der Waals surface area contributed by atoms with Gasteiger partial charge in [0.1, 0.15) is 11.4 Å². The predicted molar refractivity (Wildman–Crippen MR) is 188 cm³/mol. The van der Waals surface area contributed by atoms with E-state index in [9.17, 15) is 4.39 Å². The SMILES string of the molecule is Cc1ccc(-c2[c-]ccc3c2oc2cc(C)ccc23)nc1.Fc1ccc(-c2cc[c-]c(-c3cc(Cc4ccccc4)ccn3)c2)cc1.[Ir]. The molecule has 0 unspecified atom stereocenters. The molecule has 0 atom stereocenters. The van der Waals surface area contributed by atoms with Gasteiger partial charge in [-0.1, -0.05) is 83.7 Å². The molecule has 5 aromatic carbocycles. The third kappa shape index (κ3) is 7.34. The maximum Gasteiger partial charge on any atom is 0.123 e. The van der Waals surface area contributed by atoms with E-state index in [0.717, 1.165) is 67.6 Å². The van der Waals surface area contributed by atoms with Gasteiger partial charge >= 0.3 is 0 Å². The average Bonchev–Trinajstić information content (AvgIpc) is 3.48. The van der Waals surface area contributed by atoms with Crippen LogP contribution in [0.1, 0.15) is 22.3 Å². The van der Waals surface area contributed by atoms with E-state index in [0.29, 0.717) is 0 Å². The molecule has 0 saturated carbocycles. The molecule has 3 nitrogen and oxygen atoms in total. The Labute approximate surface area is 293 Å². The quantitative estimate of drug-likeness (QED) is 0.163. The molecule has 8 rings (SSSR count). The molecule has 0 fully saturated rings. The molecule has 8 aromatic rings. The van der Waals surface area contributed by atoms with Crippen molar-refractivity contribution in [2.75, 3.05) is 0 Å². The van der Waals surface area contributed by atoms with Crippen LogP contribution in [0.3, 0.4) is 0 Å². The minimum Gasteiger partial charge on any atom is -0.501 e. The first kappa shape index (κ1) is 32.7. The molecule has 3 heterocycles. The van der Waals surface area contributed by atoms with Crippen LogP contribution in [-0.2, 0) is 26.5 Å². The van der Waals surface area contributed by atoms with E-state index in [1.807, 2.05) is 67.8 Å². The fraction of sp³-hybridized carbons (Fsp3) is 0.0698. The summed E-state index contributed by atoms with van der Waals surface area (Å²) in [7, 11) is 0. The van der Waals surface area contributed by atoms with Crippen LogP contribution in [-0.4, -0.2) is 9.97 Å². The summed E-state index contributed by atoms with van der Waals surface area (Å²) >= 11 is 0.